The van der Waals surface area contributed by atoms with E-state index in [9.17, 15) is 9.90 Å². The van der Waals surface area contributed by atoms with Crippen LogP contribution in [0.5, 0.6) is 0 Å². The number of hydrogen-bond acceptors (Lipinski definition) is 4. The van der Waals surface area contributed by atoms with Gasteiger partial charge in [0.15, 0.2) is 5.69 Å². The van der Waals surface area contributed by atoms with E-state index in [1.54, 1.807) is 26.0 Å². The Kier molecular flexibility index (Phi) is 3.74. The number of aromatic nitrogens is 2. The summed E-state index contributed by atoms with van der Waals surface area (Å²) in [6.45, 7) is 3.81. The van der Waals surface area contributed by atoms with Crippen LogP contribution in [0.3, 0.4) is 0 Å². The highest BCUT2D eigenvalue weighted by atomic mass is 16.3. The van der Waals surface area contributed by atoms with Crippen LogP contribution >= 0.6 is 0 Å². The van der Waals surface area contributed by atoms with Gasteiger partial charge in [0.2, 0.25) is 0 Å². The van der Waals surface area contributed by atoms with E-state index in [1.807, 2.05) is 0 Å². The molecule has 0 aliphatic carbocycles. The van der Waals surface area contributed by atoms with E-state index in [2.05, 4.69) is 15.5 Å². The van der Waals surface area contributed by atoms with Gasteiger partial charge in [0.05, 0.1) is 5.60 Å². The van der Waals surface area contributed by atoms with Crippen LogP contribution in [0.1, 0.15) is 30.8 Å². The molecule has 0 aliphatic rings. The van der Waals surface area contributed by atoms with Gasteiger partial charge >= 0.3 is 0 Å². The smallest absolute Gasteiger partial charge is 0.271 e. The molecule has 0 unspecified atom stereocenters. The molecule has 5 heteroatoms. The summed E-state index contributed by atoms with van der Waals surface area (Å²) in [5.74, 6) is -0.271. The molecule has 82 valence electrons. The maximum Gasteiger partial charge on any atom is 0.271 e. The van der Waals surface area contributed by atoms with Crippen molar-refractivity contribution in [3.05, 3.63) is 24.0 Å². The van der Waals surface area contributed by atoms with Crippen molar-refractivity contribution in [2.24, 2.45) is 0 Å². The molecule has 1 aromatic rings. The molecule has 1 amide bonds. The number of nitrogens with one attached hydrogen (secondary N) is 1. The highest BCUT2D eigenvalue weighted by Gasteiger charge is 2.13. The minimum atomic E-state index is -0.768. The standard InChI is InChI=1S/C10H15N3O2/c1-10(2,15)5-7-11-9(14)8-4-3-6-12-13-8/h3-4,6,15H,5,7H2,1-2H3,(H,11,14). The molecule has 0 atom stereocenters. The molecule has 5 nitrogen and oxygen atoms in total. The fraction of sp³-hybridized carbons (Fsp3) is 0.500. The van der Waals surface area contributed by atoms with Crippen molar-refractivity contribution in [3.8, 4) is 0 Å². The third kappa shape index (κ3) is 4.51. The molecule has 0 spiro atoms. The zero-order chi connectivity index (χ0) is 11.3. The van der Waals surface area contributed by atoms with Crippen LogP contribution in [0.15, 0.2) is 18.3 Å². The van der Waals surface area contributed by atoms with Crippen LogP contribution in [0.4, 0.5) is 0 Å². The van der Waals surface area contributed by atoms with Gasteiger partial charge in [-0.15, -0.1) is 5.10 Å². The summed E-state index contributed by atoms with van der Waals surface area (Å²) in [4.78, 5) is 11.4. The van der Waals surface area contributed by atoms with Gasteiger partial charge < -0.3 is 10.4 Å². The molecule has 0 fully saturated rings. The first kappa shape index (κ1) is 11.6. The predicted molar refractivity (Wildman–Crippen MR) is 55.3 cm³/mol. The predicted octanol–water partition coefficient (Wildman–Crippen LogP) is 0.367. The summed E-state index contributed by atoms with van der Waals surface area (Å²) in [5.41, 5.74) is -0.483. The Labute approximate surface area is 88.5 Å². The highest BCUT2D eigenvalue weighted by molar-refractivity contribution is 5.91. The van der Waals surface area contributed by atoms with Gasteiger partial charge in [-0.25, -0.2) is 0 Å². The van der Waals surface area contributed by atoms with Gasteiger partial charge in [-0.1, -0.05) is 0 Å². The average Bonchev–Trinajstić information content (AvgIpc) is 2.17. The molecule has 0 aliphatic heterocycles. The molecule has 0 aromatic carbocycles. The first-order valence-corrected chi connectivity index (χ1v) is 4.77. The fourth-order valence-corrected chi connectivity index (χ4v) is 0.995. The second kappa shape index (κ2) is 4.84. The fourth-order valence-electron chi connectivity index (χ4n) is 0.995. The molecular formula is C10H15N3O2. The maximum atomic E-state index is 11.4. The summed E-state index contributed by atoms with van der Waals surface area (Å²) in [6, 6.07) is 3.24. The third-order valence-corrected chi connectivity index (χ3v) is 1.83. The lowest BCUT2D eigenvalue weighted by Gasteiger charge is -2.16. The van der Waals surface area contributed by atoms with Gasteiger partial charge in [-0.3, -0.25) is 4.79 Å². The Morgan fingerprint density at radius 2 is 2.33 bits per heavy atom. The quantitative estimate of drug-likeness (QED) is 0.751. The Balaban J connectivity index is 2.38. The Bertz CT molecular complexity index is 319. The van der Waals surface area contributed by atoms with Gasteiger partial charge in [-0.2, -0.15) is 5.10 Å². The molecule has 0 bridgehead atoms. The van der Waals surface area contributed by atoms with E-state index < -0.39 is 5.60 Å². The van der Waals surface area contributed by atoms with Crippen LogP contribution in [0.25, 0.3) is 0 Å². The van der Waals surface area contributed by atoms with Crippen molar-refractivity contribution < 1.29 is 9.90 Å². The summed E-state index contributed by atoms with van der Waals surface area (Å²) in [5, 5.41) is 19.3. The van der Waals surface area contributed by atoms with E-state index >= 15 is 0 Å². The van der Waals surface area contributed by atoms with Crippen molar-refractivity contribution in [2.75, 3.05) is 6.54 Å². The zero-order valence-electron chi connectivity index (χ0n) is 8.90. The van der Waals surface area contributed by atoms with Crippen molar-refractivity contribution >= 4 is 5.91 Å². The Morgan fingerprint density at radius 3 is 2.87 bits per heavy atom. The van der Waals surface area contributed by atoms with E-state index in [-0.39, 0.29) is 11.6 Å². The number of nitrogens with zero attached hydrogens (tertiary/aromatic N) is 2. The van der Waals surface area contributed by atoms with E-state index in [0.29, 0.717) is 13.0 Å². The Morgan fingerprint density at radius 1 is 1.60 bits per heavy atom. The third-order valence-electron chi connectivity index (χ3n) is 1.83. The van der Waals surface area contributed by atoms with Gasteiger partial charge in [-0.05, 0) is 32.4 Å². The maximum absolute atomic E-state index is 11.4. The summed E-state index contributed by atoms with van der Waals surface area (Å²) in [6.07, 6.45) is 2.01. The molecule has 0 saturated carbocycles. The molecule has 0 saturated heterocycles. The lowest BCUT2D eigenvalue weighted by Crippen LogP contribution is -2.31. The lowest BCUT2D eigenvalue weighted by atomic mass is 10.1. The number of aliphatic hydroxyl groups is 1. The molecule has 1 heterocycles. The van der Waals surface area contributed by atoms with Crippen molar-refractivity contribution in [1.82, 2.24) is 15.5 Å². The Hall–Kier alpha value is -1.49. The van der Waals surface area contributed by atoms with Crippen LogP contribution in [-0.2, 0) is 0 Å². The van der Waals surface area contributed by atoms with E-state index in [0.717, 1.165) is 0 Å². The number of carbonyl (C=O) groups is 1. The first-order valence-electron chi connectivity index (χ1n) is 4.77. The number of carbonyl (C=O) groups excluding carboxylic acids is 1. The van der Waals surface area contributed by atoms with E-state index in [4.69, 9.17) is 0 Å². The topological polar surface area (TPSA) is 75.1 Å². The first-order chi connectivity index (χ1) is 6.99. The number of amides is 1. The zero-order valence-corrected chi connectivity index (χ0v) is 8.90. The number of rotatable bonds is 4. The molecule has 1 rings (SSSR count). The minimum Gasteiger partial charge on any atom is -0.390 e. The average molecular weight is 209 g/mol. The summed E-state index contributed by atoms with van der Waals surface area (Å²) < 4.78 is 0. The second-order valence-electron chi connectivity index (χ2n) is 3.93. The largest absolute Gasteiger partial charge is 0.390 e. The van der Waals surface area contributed by atoms with Crippen LogP contribution in [0, 0.1) is 0 Å². The van der Waals surface area contributed by atoms with Crippen LogP contribution in [-0.4, -0.2) is 33.4 Å². The van der Waals surface area contributed by atoms with Gasteiger partial charge in [0.1, 0.15) is 0 Å². The SMILES string of the molecule is CC(C)(O)CCNC(=O)c1cccnn1. The van der Waals surface area contributed by atoms with Crippen LogP contribution in [0.2, 0.25) is 0 Å². The number of hydrogen-bond donors (Lipinski definition) is 2. The molecule has 0 radical (unpaired) electrons. The lowest BCUT2D eigenvalue weighted by molar-refractivity contribution is 0.0692. The normalized spacial score (nSPS) is 11.1. The van der Waals surface area contributed by atoms with Crippen molar-refractivity contribution in [3.63, 3.8) is 0 Å². The van der Waals surface area contributed by atoms with E-state index in [1.165, 1.54) is 6.20 Å². The molecule has 15 heavy (non-hydrogen) atoms. The van der Waals surface area contributed by atoms with Crippen molar-refractivity contribution in [2.45, 2.75) is 25.9 Å². The minimum absolute atomic E-state index is 0.271. The van der Waals surface area contributed by atoms with Gasteiger partial charge in [0.25, 0.3) is 5.91 Å². The van der Waals surface area contributed by atoms with Crippen LogP contribution < -0.4 is 5.32 Å². The van der Waals surface area contributed by atoms with Gasteiger partial charge in [0, 0.05) is 12.7 Å². The monoisotopic (exact) mass is 209 g/mol. The van der Waals surface area contributed by atoms with Crippen molar-refractivity contribution in [1.29, 1.82) is 0 Å². The highest BCUT2D eigenvalue weighted by Crippen LogP contribution is 2.05. The summed E-state index contributed by atoms with van der Waals surface area (Å²) >= 11 is 0. The second-order valence-corrected chi connectivity index (χ2v) is 3.93. The molecular weight excluding hydrogens is 194 g/mol. The molecule has 1 aromatic heterocycles. The summed E-state index contributed by atoms with van der Waals surface area (Å²) in [7, 11) is 0. The molecule has 2 N–H and O–H groups in total.